The molecule has 1 aromatic heterocycles. The third-order valence-electron chi connectivity index (χ3n) is 2.85. The molecule has 0 spiro atoms. The van der Waals surface area contributed by atoms with Crippen LogP contribution in [0.25, 0.3) is 0 Å². The fraction of sp³-hybridized carbons (Fsp3) is 0.545. The van der Waals surface area contributed by atoms with Crippen LogP contribution in [0.4, 0.5) is 0 Å². The molecule has 0 aromatic carbocycles. The van der Waals surface area contributed by atoms with Crippen molar-refractivity contribution in [1.82, 2.24) is 5.32 Å². The first kappa shape index (κ1) is 11.0. The van der Waals surface area contributed by atoms with Crippen LogP contribution in [-0.4, -0.2) is 6.04 Å². The number of nitrogens with zero attached hydrogens (tertiary/aromatic N) is 1. The lowest BCUT2D eigenvalue weighted by Gasteiger charge is -2.14. The van der Waals surface area contributed by atoms with Gasteiger partial charge in [-0.15, -0.1) is 0 Å². The normalized spacial score (nSPS) is 25.3. The third-order valence-corrected chi connectivity index (χ3v) is 3.43. The molecule has 1 heterocycles. The SMILES string of the molecule is N#CC1CCCC1NCc1ccc(I)o1. The van der Waals surface area contributed by atoms with Gasteiger partial charge in [-0.3, -0.25) is 0 Å². The summed E-state index contributed by atoms with van der Waals surface area (Å²) in [7, 11) is 0. The van der Waals surface area contributed by atoms with Crippen LogP contribution in [0, 0.1) is 21.0 Å². The topological polar surface area (TPSA) is 49.0 Å². The standard InChI is InChI=1S/C11H13IN2O/c12-11-5-4-9(15-11)7-14-10-3-1-2-8(10)6-13/h4-5,8,10,14H,1-3,7H2. The Labute approximate surface area is 103 Å². The van der Waals surface area contributed by atoms with Crippen molar-refractivity contribution in [3.05, 3.63) is 21.7 Å². The van der Waals surface area contributed by atoms with Crippen LogP contribution in [0.1, 0.15) is 25.0 Å². The molecule has 0 saturated heterocycles. The van der Waals surface area contributed by atoms with Gasteiger partial charge < -0.3 is 9.73 Å². The average Bonchev–Trinajstić information content (AvgIpc) is 2.83. The van der Waals surface area contributed by atoms with E-state index in [2.05, 4.69) is 34.0 Å². The minimum absolute atomic E-state index is 0.180. The lowest BCUT2D eigenvalue weighted by Crippen LogP contribution is -2.31. The highest BCUT2D eigenvalue weighted by Gasteiger charge is 2.26. The van der Waals surface area contributed by atoms with E-state index in [0.717, 1.165) is 35.3 Å². The molecule has 2 atom stereocenters. The van der Waals surface area contributed by atoms with E-state index in [4.69, 9.17) is 9.68 Å². The number of halogens is 1. The molecule has 1 aliphatic carbocycles. The Hall–Kier alpha value is -0.540. The molecule has 15 heavy (non-hydrogen) atoms. The Balaban J connectivity index is 1.85. The van der Waals surface area contributed by atoms with Crippen molar-refractivity contribution in [3.8, 4) is 6.07 Å². The van der Waals surface area contributed by atoms with E-state index in [1.54, 1.807) is 0 Å². The molecular weight excluding hydrogens is 303 g/mol. The Morgan fingerprint density at radius 2 is 2.40 bits per heavy atom. The molecular formula is C11H13IN2O. The second kappa shape index (κ2) is 4.99. The highest BCUT2D eigenvalue weighted by atomic mass is 127. The van der Waals surface area contributed by atoms with Crippen LogP contribution in [-0.2, 0) is 6.54 Å². The maximum Gasteiger partial charge on any atom is 0.164 e. The molecule has 2 rings (SSSR count). The van der Waals surface area contributed by atoms with Crippen LogP contribution in [0.2, 0.25) is 0 Å². The van der Waals surface area contributed by atoms with Gasteiger partial charge in [-0.2, -0.15) is 5.26 Å². The maximum atomic E-state index is 8.92. The van der Waals surface area contributed by atoms with E-state index in [1.165, 1.54) is 0 Å². The van der Waals surface area contributed by atoms with E-state index in [9.17, 15) is 0 Å². The molecule has 1 saturated carbocycles. The van der Waals surface area contributed by atoms with Gasteiger partial charge in [-0.25, -0.2) is 0 Å². The van der Waals surface area contributed by atoms with Gasteiger partial charge in [-0.05, 0) is 47.6 Å². The summed E-state index contributed by atoms with van der Waals surface area (Å²) in [5.41, 5.74) is 0. The summed E-state index contributed by atoms with van der Waals surface area (Å²) in [4.78, 5) is 0. The molecule has 1 N–H and O–H groups in total. The summed E-state index contributed by atoms with van der Waals surface area (Å²) in [6.45, 7) is 0.728. The Bertz CT molecular complexity index is 369. The van der Waals surface area contributed by atoms with Crippen molar-refractivity contribution in [1.29, 1.82) is 5.26 Å². The second-order valence-electron chi connectivity index (χ2n) is 3.86. The average molecular weight is 316 g/mol. The van der Waals surface area contributed by atoms with Crippen molar-refractivity contribution >= 4 is 22.6 Å². The Morgan fingerprint density at radius 1 is 1.53 bits per heavy atom. The van der Waals surface area contributed by atoms with Crippen molar-refractivity contribution in [2.45, 2.75) is 31.8 Å². The zero-order valence-corrected chi connectivity index (χ0v) is 10.5. The Morgan fingerprint density at radius 3 is 3.07 bits per heavy atom. The third kappa shape index (κ3) is 2.73. The minimum atomic E-state index is 0.180. The first-order chi connectivity index (χ1) is 7.29. The van der Waals surface area contributed by atoms with Crippen LogP contribution in [0.15, 0.2) is 16.5 Å². The van der Waals surface area contributed by atoms with Crippen molar-refractivity contribution < 1.29 is 4.42 Å². The summed E-state index contributed by atoms with van der Waals surface area (Å²) >= 11 is 2.15. The fourth-order valence-electron chi connectivity index (χ4n) is 2.04. The van der Waals surface area contributed by atoms with Crippen molar-refractivity contribution in [3.63, 3.8) is 0 Å². The largest absolute Gasteiger partial charge is 0.454 e. The lowest BCUT2D eigenvalue weighted by molar-refractivity contribution is 0.411. The summed E-state index contributed by atoms with van der Waals surface area (Å²) in [5, 5.41) is 12.3. The number of hydrogen-bond acceptors (Lipinski definition) is 3. The summed E-state index contributed by atoms with van der Waals surface area (Å²) < 4.78 is 6.36. The van der Waals surface area contributed by atoms with Gasteiger partial charge in [-0.1, -0.05) is 6.42 Å². The zero-order valence-electron chi connectivity index (χ0n) is 8.37. The smallest absolute Gasteiger partial charge is 0.164 e. The molecule has 0 aliphatic heterocycles. The fourth-order valence-corrected chi connectivity index (χ4v) is 2.50. The number of rotatable bonds is 3. The van der Waals surface area contributed by atoms with Crippen LogP contribution in [0.5, 0.6) is 0 Å². The molecule has 80 valence electrons. The zero-order chi connectivity index (χ0) is 10.7. The van der Waals surface area contributed by atoms with Crippen LogP contribution in [0.3, 0.4) is 0 Å². The Kier molecular flexibility index (Phi) is 3.65. The highest BCUT2D eigenvalue weighted by molar-refractivity contribution is 14.1. The molecule has 4 heteroatoms. The van der Waals surface area contributed by atoms with E-state index in [1.807, 2.05) is 12.1 Å². The van der Waals surface area contributed by atoms with Gasteiger partial charge >= 0.3 is 0 Å². The summed E-state index contributed by atoms with van der Waals surface area (Å²) in [6, 6.07) is 6.64. The number of nitriles is 1. The van der Waals surface area contributed by atoms with Gasteiger partial charge in [0.2, 0.25) is 0 Å². The molecule has 1 aromatic rings. The number of hydrogen-bond donors (Lipinski definition) is 1. The van der Waals surface area contributed by atoms with Crippen LogP contribution < -0.4 is 5.32 Å². The summed E-state index contributed by atoms with van der Waals surface area (Å²) in [6.07, 6.45) is 3.30. The second-order valence-corrected chi connectivity index (χ2v) is 4.92. The molecule has 0 bridgehead atoms. The predicted molar refractivity (Wildman–Crippen MR) is 65.0 cm³/mol. The first-order valence-electron chi connectivity index (χ1n) is 5.17. The number of furan rings is 1. The number of nitrogens with one attached hydrogen (secondary N) is 1. The van der Waals surface area contributed by atoms with Gasteiger partial charge in [0.1, 0.15) is 5.76 Å². The molecule has 0 radical (unpaired) electrons. The molecule has 3 nitrogen and oxygen atoms in total. The van der Waals surface area contributed by atoms with E-state index in [0.29, 0.717) is 6.04 Å². The van der Waals surface area contributed by atoms with Crippen molar-refractivity contribution in [2.75, 3.05) is 0 Å². The molecule has 2 unspecified atom stereocenters. The molecule has 0 amide bonds. The highest BCUT2D eigenvalue weighted by Crippen LogP contribution is 2.25. The van der Waals surface area contributed by atoms with Crippen LogP contribution >= 0.6 is 22.6 Å². The van der Waals surface area contributed by atoms with Gasteiger partial charge in [0.15, 0.2) is 3.77 Å². The first-order valence-corrected chi connectivity index (χ1v) is 6.24. The predicted octanol–water partition coefficient (Wildman–Crippen LogP) is 2.67. The molecule has 1 fully saturated rings. The van der Waals surface area contributed by atoms with Crippen molar-refractivity contribution in [2.24, 2.45) is 5.92 Å². The van der Waals surface area contributed by atoms with Gasteiger partial charge in [0.05, 0.1) is 18.5 Å². The minimum Gasteiger partial charge on any atom is -0.454 e. The summed E-state index contributed by atoms with van der Waals surface area (Å²) in [5.74, 6) is 1.13. The molecule has 1 aliphatic rings. The van der Waals surface area contributed by atoms with E-state index < -0.39 is 0 Å². The van der Waals surface area contributed by atoms with E-state index in [-0.39, 0.29) is 5.92 Å². The van der Waals surface area contributed by atoms with Gasteiger partial charge in [0, 0.05) is 6.04 Å². The monoisotopic (exact) mass is 316 g/mol. The van der Waals surface area contributed by atoms with Gasteiger partial charge in [0.25, 0.3) is 0 Å². The quantitative estimate of drug-likeness (QED) is 0.872. The maximum absolute atomic E-state index is 8.92. The van der Waals surface area contributed by atoms with E-state index >= 15 is 0 Å². The lowest BCUT2D eigenvalue weighted by atomic mass is 10.1.